The van der Waals surface area contributed by atoms with Crippen LogP contribution in [0.1, 0.15) is 53.4 Å². The van der Waals surface area contributed by atoms with Crippen molar-refractivity contribution in [1.82, 2.24) is 10.6 Å². The minimum absolute atomic E-state index is 0.00797. The Kier molecular flexibility index (Phi) is 9.86. The molecular formula is C15H30N2O3. The fourth-order valence-electron chi connectivity index (χ4n) is 2.27. The van der Waals surface area contributed by atoms with Crippen molar-refractivity contribution in [3.05, 3.63) is 0 Å². The molecule has 0 aromatic heterocycles. The number of carboxylic acid groups (broad SMARTS) is 1. The van der Waals surface area contributed by atoms with Crippen LogP contribution in [0.2, 0.25) is 0 Å². The molecule has 1 unspecified atom stereocenters. The van der Waals surface area contributed by atoms with Crippen LogP contribution in [0.4, 0.5) is 4.79 Å². The van der Waals surface area contributed by atoms with Crippen LogP contribution in [0.3, 0.4) is 0 Å². The topological polar surface area (TPSA) is 78.4 Å². The second kappa shape index (κ2) is 10.5. The highest BCUT2D eigenvalue weighted by atomic mass is 16.4. The first-order valence-corrected chi connectivity index (χ1v) is 7.62. The first-order valence-electron chi connectivity index (χ1n) is 7.62. The molecule has 5 heteroatoms. The van der Waals surface area contributed by atoms with Gasteiger partial charge in [-0.25, -0.2) is 4.79 Å². The summed E-state index contributed by atoms with van der Waals surface area (Å²) >= 11 is 0. The summed E-state index contributed by atoms with van der Waals surface area (Å²) < 4.78 is 0. The van der Waals surface area contributed by atoms with Crippen molar-refractivity contribution in [2.45, 2.75) is 53.4 Å². The SMILES string of the molecule is CCC(CC)CNC(=O)NCC(CC(=O)O)CC(C)C. The van der Waals surface area contributed by atoms with E-state index in [4.69, 9.17) is 5.11 Å². The van der Waals surface area contributed by atoms with E-state index in [-0.39, 0.29) is 18.4 Å². The van der Waals surface area contributed by atoms with Crippen molar-refractivity contribution >= 4 is 12.0 Å². The van der Waals surface area contributed by atoms with E-state index in [0.29, 0.717) is 24.9 Å². The van der Waals surface area contributed by atoms with E-state index < -0.39 is 5.97 Å². The zero-order valence-electron chi connectivity index (χ0n) is 13.2. The number of carboxylic acids is 1. The molecule has 3 N–H and O–H groups in total. The van der Waals surface area contributed by atoms with Gasteiger partial charge in [-0.3, -0.25) is 4.79 Å². The fourth-order valence-corrected chi connectivity index (χ4v) is 2.27. The van der Waals surface area contributed by atoms with E-state index in [2.05, 4.69) is 38.3 Å². The van der Waals surface area contributed by atoms with Crippen LogP contribution in [0.15, 0.2) is 0 Å². The molecule has 0 rings (SSSR count). The van der Waals surface area contributed by atoms with E-state index in [1.54, 1.807) is 0 Å². The summed E-state index contributed by atoms with van der Waals surface area (Å²) in [4.78, 5) is 22.5. The Labute approximate surface area is 122 Å². The normalized spacial score (nSPS) is 12.5. The summed E-state index contributed by atoms with van der Waals surface area (Å²) in [7, 11) is 0. The summed E-state index contributed by atoms with van der Waals surface area (Å²) in [6, 6.07) is -0.198. The molecule has 0 spiro atoms. The third kappa shape index (κ3) is 9.64. The highest BCUT2D eigenvalue weighted by molar-refractivity contribution is 5.74. The number of urea groups is 1. The van der Waals surface area contributed by atoms with Gasteiger partial charge in [-0.1, -0.05) is 40.5 Å². The van der Waals surface area contributed by atoms with Crippen molar-refractivity contribution < 1.29 is 14.7 Å². The minimum Gasteiger partial charge on any atom is -0.481 e. The molecule has 0 aliphatic rings. The van der Waals surface area contributed by atoms with Gasteiger partial charge in [-0.15, -0.1) is 0 Å². The number of carbonyl (C=O) groups excluding carboxylic acids is 1. The molecule has 0 aliphatic carbocycles. The molecule has 0 saturated carbocycles. The van der Waals surface area contributed by atoms with Gasteiger partial charge in [0, 0.05) is 19.5 Å². The zero-order chi connectivity index (χ0) is 15.5. The number of hydrogen-bond acceptors (Lipinski definition) is 2. The van der Waals surface area contributed by atoms with Crippen molar-refractivity contribution in [3.8, 4) is 0 Å². The van der Waals surface area contributed by atoms with Gasteiger partial charge in [0.05, 0.1) is 0 Å². The molecule has 0 aromatic carbocycles. The van der Waals surface area contributed by atoms with Crippen LogP contribution in [0.5, 0.6) is 0 Å². The molecule has 0 fully saturated rings. The molecular weight excluding hydrogens is 256 g/mol. The molecule has 0 heterocycles. The number of rotatable bonds is 10. The lowest BCUT2D eigenvalue weighted by Crippen LogP contribution is -2.40. The number of nitrogens with one attached hydrogen (secondary N) is 2. The maximum atomic E-state index is 11.7. The van der Waals surface area contributed by atoms with Crippen LogP contribution in [-0.4, -0.2) is 30.2 Å². The van der Waals surface area contributed by atoms with E-state index in [1.807, 2.05) is 0 Å². The number of carbonyl (C=O) groups is 2. The number of aliphatic carboxylic acids is 1. The molecule has 5 nitrogen and oxygen atoms in total. The Morgan fingerprint density at radius 2 is 1.50 bits per heavy atom. The second-order valence-corrected chi connectivity index (χ2v) is 5.87. The Morgan fingerprint density at radius 1 is 1.00 bits per heavy atom. The smallest absolute Gasteiger partial charge is 0.314 e. The minimum atomic E-state index is -0.810. The average Bonchev–Trinajstić information content (AvgIpc) is 2.35. The molecule has 20 heavy (non-hydrogen) atoms. The van der Waals surface area contributed by atoms with E-state index >= 15 is 0 Å². The standard InChI is InChI=1S/C15H30N2O3/c1-5-12(6-2)9-16-15(20)17-10-13(7-11(3)4)8-14(18)19/h11-13H,5-10H2,1-4H3,(H,18,19)(H2,16,17,20). The van der Waals surface area contributed by atoms with Crippen LogP contribution in [0, 0.1) is 17.8 Å². The van der Waals surface area contributed by atoms with Crippen LogP contribution in [0.25, 0.3) is 0 Å². The van der Waals surface area contributed by atoms with Crippen LogP contribution in [-0.2, 0) is 4.79 Å². The van der Waals surface area contributed by atoms with Gasteiger partial charge in [0.2, 0.25) is 0 Å². The summed E-state index contributed by atoms with van der Waals surface area (Å²) in [5.74, 6) is 0.112. The predicted octanol–water partition coefficient (Wildman–Crippen LogP) is 2.86. The van der Waals surface area contributed by atoms with Gasteiger partial charge < -0.3 is 15.7 Å². The average molecular weight is 286 g/mol. The van der Waals surface area contributed by atoms with Gasteiger partial charge in [0.25, 0.3) is 0 Å². The Morgan fingerprint density at radius 3 is 1.90 bits per heavy atom. The van der Waals surface area contributed by atoms with Gasteiger partial charge in [0.1, 0.15) is 0 Å². The summed E-state index contributed by atoms with van der Waals surface area (Å²) in [6.07, 6.45) is 3.00. The monoisotopic (exact) mass is 286 g/mol. The highest BCUT2D eigenvalue weighted by Gasteiger charge is 2.16. The molecule has 118 valence electrons. The highest BCUT2D eigenvalue weighted by Crippen LogP contribution is 2.14. The maximum Gasteiger partial charge on any atom is 0.314 e. The van der Waals surface area contributed by atoms with E-state index in [0.717, 1.165) is 19.3 Å². The molecule has 0 saturated heterocycles. The third-order valence-electron chi connectivity index (χ3n) is 3.53. The predicted molar refractivity (Wildman–Crippen MR) is 80.7 cm³/mol. The van der Waals surface area contributed by atoms with Crippen LogP contribution >= 0.6 is 0 Å². The fraction of sp³-hybridized carbons (Fsp3) is 0.867. The molecule has 0 aromatic rings. The molecule has 1 atom stereocenters. The van der Waals surface area contributed by atoms with E-state index in [1.165, 1.54) is 0 Å². The zero-order valence-corrected chi connectivity index (χ0v) is 13.2. The number of amides is 2. The van der Waals surface area contributed by atoms with Crippen LogP contribution < -0.4 is 10.6 Å². The number of hydrogen-bond donors (Lipinski definition) is 3. The van der Waals surface area contributed by atoms with E-state index in [9.17, 15) is 9.59 Å². The van der Waals surface area contributed by atoms with Gasteiger partial charge in [-0.2, -0.15) is 0 Å². The van der Waals surface area contributed by atoms with Crippen molar-refractivity contribution in [1.29, 1.82) is 0 Å². The lowest BCUT2D eigenvalue weighted by Gasteiger charge is -2.19. The molecule has 2 amide bonds. The summed E-state index contributed by atoms with van der Waals surface area (Å²) in [5.41, 5.74) is 0. The van der Waals surface area contributed by atoms with Crippen molar-refractivity contribution in [3.63, 3.8) is 0 Å². The summed E-state index contributed by atoms with van der Waals surface area (Å²) in [5, 5.41) is 14.5. The molecule has 0 aliphatic heterocycles. The lowest BCUT2D eigenvalue weighted by molar-refractivity contribution is -0.138. The Balaban J connectivity index is 4.06. The van der Waals surface area contributed by atoms with Gasteiger partial charge in [-0.05, 0) is 24.2 Å². The molecule has 0 radical (unpaired) electrons. The maximum absolute atomic E-state index is 11.7. The largest absolute Gasteiger partial charge is 0.481 e. The Bertz CT molecular complexity index is 289. The molecule has 0 bridgehead atoms. The first-order chi connectivity index (χ1) is 9.38. The quantitative estimate of drug-likeness (QED) is 0.578. The second-order valence-electron chi connectivity index (χ2n) is 5.87. The van der Waals surface area contributed by atoms with Gasteiger partial charge in [0.15, 0.2) is 0 Å². The first kappa shape index (κ1) is 18.7. The Hall–Kier alpha value is -1.26. The van der Waals surface area contributed by atoms with Crippen molar-refractivity contribution in [2.75, 3.05) is 13.1 Å². The third-order valence-corrected chi connectivity index (χ3v) is 3.53. The summed E-state index contributed by atoms with van der Waals surface area (Å²) in [6.45, 7) is 9.43. The van der Waals surface area contributed by atoms with Crippen molar-refractivity contribution in [2.24, 2.45) is 17.8 Å². The van der Waals surface area contributed by atoms with Gasteiger partial charge >= 0.3 is 12.0 Å². The lowest BCUT2D eigenvalue weighted by atomic mass is 9.94.